The van der Waals surface area contributed by atoms with Crippen molar-refractivity contribution in [2.45, 2.75) is 32.7 Å². The Kier molecular flexibility index (Phi) is 6.88. The molecule has 1 fully saturated rings. The van der Waals surface area contributed by atoms with Crippen molar-refractivity contribution in [3.05, 3.63) is 65.2 Å². The molecule has 27 heavy (non-hydrogen) atoms. The van der Waals surface area contributed by atoms with Crippen molar-refractivity contribution in [1.29, 1.82) is 0 Å². The van der Waals surface area contributed by atoms with Crippen LogP contribution in [0.4, 0.5) is 0 Å². The van der Waals surface area contributed by atoms with Crippen LogP contribution in [0.3, 0.4) is 0 Å². The van der Waals surface area contributed by atoms with E-state index in [0.29, 0.717) is 6.54 Å². The second kappa shape index (κ2) is 9.56. The highest BCUT2D eigenvalue weighted by atomic mass is 16.5. The molecule has 4 nitrogen and oxygen atoms in total. The van der Waals surface area contributed by atoms with Gasteiger partial charge in [-0.1, -0.05) is 42.0 Å². The number of likely N-dealkylation sites (tertiary alicyclic amines) is 1. The van der Waals surface area contributed by atoms with E-state index in [9.17, 15) is 4.79 Å². The Morgan fingerprint density at radius 3 is 2.52 bits per heavy atom. The van der Waals surface area contributed by atoms with Crippen molar-refractivity contribution in [2.75, 3.05) is 26.7 Å². The zero-order valence-electron chi connectivity index (χ0n) is 16.4. The van der Waals surface area contributed by atoms with Crippen LogP contribution in [0.5, 0.6) is 5.75 Å². The van der Waals surface area contributed by atoms with E-state index >= 15 is 0 Å². The van der Waals surface area contributed by atoms with Crippen molar-refractivity contribution in [3.8, 4) is 5.75 Å². The Labute approximate surface area is 162 Å². The molecule has 2 aromatic carbocycles. The lowest BCUT2D eigenvalue weighted by molar-refractivity contribution is -0.126. The maximum absolute atomic E-state index is 12.4. The van der Waals surface area contributed by atoms with Crippen LogP contribution in [0.15, 0.2) is 48.5 Å². The fourth-order valence-corrected chi connectivity index (χ4v) is 3.69. The fraction of sp³-hybridized carbons (Fsp3) is 0.435. The number of nitrogens with zero attached hydrogens (tertiary/aromatic N) is 1. The smallest absolute Gasteiger partial charge is 0.223 e. The first-order chi connectivity index (χ1) is 13.1. The number of carbonyl (C=O) groups is 1. The van der Waals surface area contributed by atoms with Gasteiger partial charge in [-0.2, -0.15) is 0 Å². The standard InChI is InChI=1S/C23H30N2O2/c1-18-4-3-5-20(16-18)17-25-14-11-21(12-15-25)23(26)24-13-10-19-6-8-22(27-2)9-7-19/h3-9,16,21H,10-15,17H2,1-2H3,(H,24,26). The number of aryl methyl sites for hydroxylation is 1. The number of hydrogen-bond donors (Lipinski definition) is 1. The third-order valence-electron chi connectivity index (χ3n) is 5.32. The van der Waals surface area contributed by atoms with Gasteiger partial charge in [0.1, 0.15) is 5.75 Å². The molecular weight excluding hydrogens is 336 g/mol. The third kappa shape index (κ3) is 5.83. The summed E-state index contributed by atoms with van der Waals surface area (Å²) >= 11 is 0. The van der Waals surface area contributed by atoms with Gasteiger partial charge in [-0.3, -0.25) is 9.69 Å². The minimum atomic E-state index is 0.148. The molecule has 0 atom stereocenters. The molecule has 2 aromatic rings. The van der Waals surface area contributed by atoms with E-state index < -0.39 is 0 Å². The molecule has 1 aliphatic heterocycles. The molecule has 0 aliphatic carbocycles. The van der Waals surface area contributed by atoms with Gasteiger partial charge in [0.25, 0.3) is 0 Å². The summed E-state index contributed by atoms with van der Waals surface area (Å²) < 4.78 is 5.17. The molecule has 1 amide bonds. The second-order valence-corrected chi connectivity index (χ2v) is 7.43. The first-order valence-corrected chi connectivity index (χ1v) is 9.82. The van der Waals surface area contributed by atoms with Gasteiger partial charge in [-0.05, 0) is 62.5 Å². The Morgan fingerprint density at radius 2 is 1.85 bits per heavy atom. The molecule has 1 saturated heterocycles. The van der Waals surface area contributed by atoms with Crippen molar-refractivity contribution in [1.82, 2.24) is 10.2 Å². The van der Waals surface area contributed by atoms with Crippen molar-refractivity contribution in [2.24, 2.45) is 5.92 Å². The van der Waals surface area contributed by atoms with Crippen LogP contribution in [0.2, 0.25) is 0 Å². The lowest BCUT2D eigenvalue weighted by atomic mass is 9.95. The number of rotatable bonds is 7. The first-order valence-electron chi connectivity index (χ1n) is 9.82. The molecule has 3 rings (SSSR count). The minimum Gasteiger partial charge on any atom is -0.497 e. The van der Waals surface area contributed by atoms with E-state index in [1.807, 2.05) is 12.1 Å². The SMILES string of the molecule is COc1ccc(CCNC(=O)C2CCN(Cc3cccc(C)c3)CC2)cc1. The van der Waals surface area contributed by atoms with Crippen LogP contribution in [0, 0.1) is 12.8 Å². The molecule has 0 unspecified atom stereocenters. The van der Waals surface area contributed by atoms with Gasteiger partial charge in [0.15, 0.2) is 0 Å². The van der Waals surface area contributed by atoms with Gasteiger partial charge in [0.2, 0.25) is 5.91 Å². The van der Waals surface area contributed by atoms with E-state index in [1.165, 1.54) is 16.7 Å². The Bertz CT molecular complexity index is 734. The molecule has 0 radical (unpaired) electrons. The Balaban J connectivity index is 1.37. The van der Waals surface area contributed by atoms with E-state index in [1.54, 1.807) is 7.11 Å². The first kappa shape index (κ1) is 19.4. The molecule has 1 N–H and O–H groups in total. The number of piperidine rings is 1. The predicted octanol–water partition coefficient (Wildman–Crippen LogP) is 3.57. The van der Waals surface area contributed by atoms with E-state index in [2.05, 4.69) is 53.5 Å². The highest BCUT2D eigenvalue weighted by Gasteiger charge is 2.24. The maximum atomic E-state index is 12.4. The predicted molar refractivity (Wildman–Crippen MR) is 109 cm³/mol. The number of carbonyl (C=O) groups excluding carboxylic acids is 1. The highest BCUT2D eigenvalue weighted by Crippen LogP contribution is 2.19. The molecule has 1 aliphatic rings. The van der Waals surface area contributed by atoms with E-state index in [4.69, 9.17) is 4.74 Å². The average molecular weight is 367 g/mol. The van der Waals surface area contributed by atoms with Crippen LogP contribution in [-0.4, -0.2) is 37.6 Å². The van der Waals surface area contributed by atoms with Crippen LogP contribution < -0.4 is 10.1 Å². The lowest BCUT2D eigenvalue weighted by Gasteiger charge is -2.31. The molecule has 0 aromatic heterocycles. The normalized spacial score (nSPS) is 15.5. The third-order valence-corrected chi connectivity index (χ3v) is 5.32. The summed E-state index contributed by atoms with van der Waals surface area (Å²) in [5.74, 6) is 1.22. The molecule has 4 heteroatoms. The molecule has 0 saturated carbocycles. The largest absolute Gasteiger partial charge is 0.497 e. The molecule has 0 bridgehead atoms. The van der Waals surface area contributed by atoms with Gasteiger partial charge < -0.3 is 10.1 Å². The van der Waals surface area contributed by atoms with Crippen LogP contribution in [0.25, 0.3) is 0 Å². The molecule has 1 heterocycles. The summed E-state index contributed by atoms with van der Waals surface area (Å²) in [5, 5.41) is 3.11. The van der Waals surface area contributed by atoms with Gasteiger partial charge in [0.05, 0.1) is 7.11 Å². The number of benzene rings is 2. The Morgan fingerprint density at radius 1 is 1.11 bits per heavy atom. The number of methoxy groups -OCH3 is 1. The number of amides is 1. The zero-order valence-corrected chi connectivity index (χ0v) is 16.4. The summed E-state index contributed by atoms with van der Waals surface area (Å²) in [6.45, 7) is 5.78. The summed E-state index contributed by atoms with van der Waals surface area (Å²) in [4.78, 5) is 14.9. The number of hydrogen-bond acceptors (Lipinski definition) is 3. The van der Waals surface area contributed by atoms with Crippen molar-refractivity contribution in [3.63, 3.8) is 0 Å². The summed E-state index contributed by atoms with van der Waals surface area (Å²) in [6, 6.07) is 16.7. The van der Waals surface area contributed by atoms with Crippen LogP contribution in [0.1, 0.15) is 29.5 Å². The molecule has 144 valence electrons. The van der Waals surface area contributed by atoms with Crippen LogP contribution >= 0.6 is 0 Å². The number of nitrogens with one attached hydrogen (secondary N) is 1. The zero-order chi connectivity index (χ0) is 19.1. The monoisotopic (exact) mass is 366 g/mol. The summed E-state index contributed by atoms with van der Waals surface area (Å²) in [6.07, 6.45) is 2.74. The second-order valence-electron chi connectivity index (χ2n) is 7.43. The van der Waals surface area contributed by atoms with E-state index in [0.717, 1.165) is 44.6 Å². The van der Waals surface area contributed by atoms with Crippen LogP contribution in [-0.2, 0) is 17.8 Å². The maximum Gasteiger partial charge on any atom is 0.223 e. The Hall–Kier alpha value is -2.33. The quantitative estimate of drug-likeness (QED) is 0.814. The fourth-order valence-electron chi connectivity index (χ4n) is 3.69. The minimum absolute atomic E-state index is 0.148. The topological polar surface area (TPSA) is 41.6 Å². The summed E-state index contributed by atoms with van der Waals surface area (Å²) in [7, 11) is 1.67. The number of ether oxygens (including phenoxy) is 1. The lowest BCUT2D eigenvalue weighted by Crippen LogP contribution is -2.40. The van der Waals surface area contributed by atoms with Gasteiger partial charge >= 0.3 is 0 Å². The van der Waals surface area contributed by atoms with Gasteiger partial charge in [-0.15, -0.1) is 0 Å². The highest BCUT2D eigenvalue weighted by molar-refractivity contribution is 5.78. The molecule has 0 spiro atoms. The van der Waals surface area contributed by atoms with Crippen molar-refractivity contribution >= 4 is 5.91 Å². The summed E-state index contributed by atoms with van der Waals surface area (Å²) in [5.41, 5.74) is 3.88. The molecular formula is C23H30N2O2. The average Bonchev–Trinajstić information content (AvgIpc) is 2.69. The van der Waals surface area contributed by atoms with E-state index in [-0.39, 0.29) is 11.8 Å². The van der Waals surface area contributed by atoms with Gasteiger partial charge in [0, 0.05) is 19.0 Å². The van der Waals surface area contributed by atoms with Gasteiger partial charge in [-0.25, -0.2) is 0 Å². The van der Waals surface area contributed by atoms with Crippen molar-refractivity contribution < 1.29 is 9.53 Å².